The van der Waals surface area contributed by atoms with Gasteiger partial charge in [-0.2, -0.15) is 0 Å². The normalized spacial score (nSPS) is 25.6. The predicted octanol–water partition coefficient (Wildman–Crippen LogP) is 2.16. The van der Waals surface area contributed by atoms with Gasteiger partial charge in [-0.15, -0.1) is 0 Å². The zero-order valence-corrected chi connectivity index (χ0v) is 10.7. The summed E-state index contributed by atoms with van der Waals surface area (Å²) in [6, 6.07) is 10.3. The van der Waals surface area contributed by atoms with Gasteiger partial charge < -0.3 is 4.90 Å². The maximum atomic E-state index is 14.4. The third kappa shape index (κ3) is 3.51. The molecule has 0 spiro atoms. The van der Waals surface area contributed by atoms with E-state index < -0.39 is 5.67 Å². The molecule has 1 aromatic carbocycles. The van der Waals surface area contributed by atoms with Crippen LogP contribution in [0.25, 0.3) is 0 Å². The maximum Gasteiger partial charge on any atom is 0.137 e. The SMILES string of the molecule is CN(C)C[C@@]1(F)CCN(Cc2ccccc2)C1. The van der Waals surface area contributed by atoms with Crippen LogP contribution in [-0.2, 0) is 6.54 Å². The standard InChI is InChI=1S/C14H21FN2/c1-16(2)11-14(15)8-9-17(12-14)10-13-6-4-3-5-7-13/h3-7H,8-12H2,1-2H3/t14-/m0/s1. The molecule has 0 radical (unpaired) electrons. The average Bonchev–Trinajstić information content (AvgIpc) is 2.60. The van der Waals surface area contributed by atoms with Crippen molar-refractivity contribution in [2.75, 3.05) is 33.7 Å². The van der Waals surface area contributed by atoms with Crippen molar-refractivity contribution in [1.29, 1.82) is 0 Å². The number of halogens is 1. The van der Waals surface area contributed by atoms with E-state index in [0.717, 1.165) is 13.1 Å². The van der Waals surface area contributed by atoms with Gasteiger partial charge >= 0.3 is 0 Å². The van der Waals surface area contributed by atoms with Gasteiger partial charge in [0.2, 0.25) is 0 Å². The molecular formula is C14H21FN2. The molecule has 1 aliphatic rings. The molecule has 94 valence electrons. The van der Waals surface area contributed by atoms with E-state index in [2.05, 4.69) is 17.0 Å². The lowest BCUT2D eigenvalue weighted by molar-refractivity contribution is 0.121. The molecule has 0 saturated carbocycles. The van der Waals surface area contributed by atoms with Crippen LogP contribution < -0.4 is 0 Å². The van der Waals surface area contributed by atoms with E-state index in [9.17, 15) is 4.39 Å². The summed E-state index contributed by atoms with van der Waals surface area (Å²) in [5.41, 5.74) is 0.236. The summed E-state index contributed by atoms with van der Waals surface area (Å²) in [5, 5.41) is 0. The van der Waals surface area contributed by atoms with Crippen molar-refractivity contribution in [3.8, 4) is 0 Å². The second-order valence-corrected chi connectivity index (χ2v) is 5.33. The average molecular weight is 236 g/mol. The topological polar surface area (TPSA) is 6.48 Å². The minimum Gasteiger partial charge on any atom is -0.306 e. The Kier molecular flexibility index (Phi) is 3.79. The molecule has 0 amide bonds. The fraction of sp³-hybridized carbons (Fsp3) is 0.571. The molecule has 17 heavy (non-hydrogen) atoms. The highest BCUT2D eigenvalue weighted by atomic mass is 19.1. The number of alkyl halides is 1. The van der Waals surface area contributed by atoms with Crippen LogP contribution in [0.1, 0.15) is 12.0 Å². The Morgan fingerprint density at radius 1 is 1.29 bits per heavy atom. The molecule has 1 atom stereocenters. The van der Waals surface area contributed by atoms with Crippen molar-refractivity contribution in [3.05, 3.63) is 35.9 Å². The highest BCUT2D eigenvalue weighted by molar-refractivity contribution is 5.15. The lowest BCUT2D eigenvalue weighted by Crippen LogP contribution is -2.38. The molecule has 2 nitrogen and oxygen atoms in total. The first-order chi connectivity index (χ1) is 8.07. The number of benzene rings is 1. The van der Waals surface area contributed by atoms with Crippen LogP contribution in [0.3, 0.4) is 0 Å². The van der Waals surface area contributed by atoms with E-state index in [1.165, 1.54) is 5.56 Å². The summed E-state index contributed by atoms with van der Waals surface area (Å²) in [7, 11) is 3.86. The van der Waals surface area contributed by atoms with Gasteiger partial charge in [-0.3, -0.25) is 4.90 Å². The van der Waals surface area contributed by atoms with Crippen molar-refractivity contribution in [1.82, 2.24) is 9.80 Å². The van der Waals surface area contributed by atoms with Gasteiger partial charge in [-0.1, -0.05) is 30.3 Å². The van der Waals surface area contributed by atoms with Gasteiger partial charge in [0.15, 0.2) is 0 Å². The molecule has 1 saturated heterocycles. The molecule has 0 N–H and O–H groups in total. The second-order valence-electron chi connectivity index (χ2n) is 5.33. The minimum atomic E-state index is -1.03. The monoisotopic (exact) mass is 236 g/mol. The Labute approximate surface area is 103 Å². The van der Waals surface area contributed by atoms with Crippen molar-refractivity contribution in [2.45, 2.75) is 18.6 Å². The van der Waals surface area contributed by atoms with E-state index in [4.69, 9.17) is 0 Å². The first kappa shape index (κ1) is 12.5. The predicted molar refractivity (Wildman–Crippen MR) is 68.7 cm³/mol. The van der Waals surface area contributed by atoms with Crippen LogP contribution in [0, 0.1) is 0 Å². The number of rotatable bonds is 4. The molecule has 0 aromatic heterocycles. The molecule has 0 bridgehead atoms. The molecule has 1 aliphatic heterocycles. The Hall–Kier alpha value is -0.930. The van der Waals surface area contributed by atoms with Gasteiger partial charge in [0.1, 0.15) is 5.67 Å². The van der Waals surface area contributed by atoms with E-state index in [0.29, 0.717) is 19.5 Å². The van der Waals surface area contributed by atoms with Crippen LogP contribution in [0.4, 0.5) is 4.39 Å². The van der Waals surface area contributed by atoms with Gasteiger partial charge in [0.25, 0.3) is 0 Å². The Morgan fingerprint density at radius 3 is 2.65 bits per heavy atom. The lowest BCUT2D eigenvalue weighted by atomic mass is 10.1. The smallest absolute Gasteiger partial charge is 0.137 e. The van der Waals surface area contributed by atoms with Gasteiger partial charge in [0.05, 0.1) is 0 Å². The molecule has 0 unspecified atom stereocenters. The van der Waals surface area contributed by atoms with Crippen LogP contribution in [-0.4, -0.2) is 49.2 Å². The van der Waals surface area contributed by atoms with Gasteiger partial charge in [0, 0.05) is 26.2 Å². The fourth-order valence-corrected chi connectivity index (χ4v) is 2.59. The highest BCUT2D eigenvalue weighted by Gasteiger charge is 2.38. The summed E-state index contributed by atoms with van der Waals surface area (Å²) >= 11 is 0. The molecule has 1 aromatic rings. The Bertz CT molecular complexity index is 352. The third-order valence-corrected chi connectivity index (χ3v) is 3.23. The van der Waals surface area contributed by atoms with E-state index in [-0.39, 0.29) is 0 Å². The van der Waals surface area contributed by atoms with Crippen molar-refractivity contribution >= 4 is 0 Å². The number of nitrogens with zero attached hydrogens (tertiary/aromatic N) is 2. The molecule has 2 rings (SSSR count). The third-order valence-electron chi connectivity index (χ3n) is 3.23. The van der Waals surface area contributed by atoms with Gasteiger partial charge in [-0.05, 0) is 26.1 Å². The highest BCUT2D eigenvalue weighted by Crippen LogP contribution is 2.27. The lowest BCUT2D eigenvalue weighted by Gasteiger charge is -2.24. The van der Waals surface area contributed by atoms with E-state index in [1.807, 2.05) is 37.2 Å². The number of likely N-dealkylation sites (tertiary alicyclic amines) is 1. The molecule has 3 heteroatoms. The summed E-state index contributed by atoms with van der Waals surface area (Å²) in [6.07, 6.45) is 0.651. The van der Waals surface area contributed by atoms with Crippen molar-refractivity contribution < 1.29 is 4.39 Å². The van der Waals surface area contributed by atoms with E-state index in [1.54, 1.807) is 0 Å². The maximum absolute atomic E-state index is 14.4. The Balaban J connectivity index is 1.90. The van der Waals surface area contributed by atoms with Crippen LogP contribution in [0.2, 0.25) is 0 Å². The first-order valence-corrected chi connectivity index (χ1v) is 6.17. The first-order valence-electron chi connectivity index (χ1n) is 6.17. The zero-order valence-electron chi connectivity index (χ0n) is 10.7. The largest absolute Gasteiger partial charge is 0.306 e. The number of hydrogen-bond acceptors (Lipinski definition) is 2. The fourth-order valence-electron chi connectivity index (χ4n) is 2.59. The van der Waals surface area contributed by atoms with Gasteiger partial charge in [-0.25, -0.2) is 4.39 Å². The Morgan fingerprint density at radius 2 is 2.00 bits per heavy atom. The quantitative estimate of drug-likeness (QED) is 0.790. The molecule has 0 aliphatic carbocycles. The number of hydrogen-bond donors (Lipinski definition) is 0. The summed E-state index contributed by atoms with van der Waals surface area (Å²) in [4.78, 5) is 4.14. The molecular weight excluding hydrogens is 215 g/mol. The summed E-state index contributed by atoms with van der Waals surface area (Å²) < 4.78 is 14.4. The molecule has 1 heterocycles. The second kappa shape index (κ2) is 5.15. The van der Waals surface area contributed by atoms with Crippen LogP contribution in [0.15, 0.2) is 30.3 Å². The van der Waals surface area contributed by atoms with Crippen molar-refractivity contribution in [3.63, 3.8) is 0 Å². The zero-order chi connectivity index (χ0) is 12.3. The van der Waals surface area contributed by atoms with Crippen molar-refractivity contribution in [2.24, 2.45) is 0 Å². The summed E-state index contributed by atoms with van der Waals surface area (Å²) in [6.45, 7) is 2.80. The van der Waals surface area contributed by atoms with Crippen LogP contribution >= 0.6 is 0 Å². The van der Waals surface area contributed by atoms with Crippen LogP contribution in [0.5, 0.6) is 0 Å². The van der Waals surface area contributed by atoms with E-state index >= 15 is 0 Å². The summed E-state index contributed by atoms with van der Waals surface area (Å²) in [5.74, 6) is 0. The minimum absolute atomic E-state index is 0.526. The molecule has 1 fully saturated rings.